The third kappa shape index (κ3) is 4.21. The molecule has 0 fully saturated rings. The topological polar surface area (TPSA) is 90.4 Å². The molecule has 0 spiro atoms. The van der Waals surface area contributed by atoms with Crippen LogP contribution >= 0.6 is 0 Å². The van der Waals surface area contributed by atoms with Gasteiger partial charge in [-0.15, -0.1) is 0 Å². The normalized spacial score (nSPS) is 10.1. The highest BCUT2D eigenvalue weighted by atomic mass is 16.6. The Morgan fingerprint density at radius 2 is 2.10 bits per heavy atom. The second-order valence-corrected chi connectivity index (χ2v) is 4.49. The minimum atomic E-state index is -0.505. The van der Waals surface area contributed by atoms with Crippen LogP contribution in [0.3, 0.4) is 0 Å². The molecule has 0 aliphatic heterocycles. The predicted molar refractivity (Wildman–Crippen MR) is 76.6 cm³/mol. The van der Waals surface area contributed by atoms with Crippen LogP contribution in [-0.4, -0.2) is 29.7 Å². The lowest BCUT2D eigenvalue weighted by atomic mass is 10.1. The number of hydrogen-bond donors (Lipinski definition) is 1. The van der Waals surface area contributed by atoms with Gasteiger partial charge in [0.05, 0.1) is 16.2 Å². The zero-order chi connectivity index (χ0) is 15.0. The van der Waals surface area contributed by atoms with Gasteiger partial charge in [-0.2, -0.15) is 5.26 Å². The predicted octanol–water partition coefficient (Wildman–Crippen LogP) is 2.46. The van der Waals surface area contributed by atoms with Gasteiger partial charge in [-0.3, -0.25) is 10.1 Å². The Hall–Kier alpha value is -2.13. The fraction of sp³-hybridized carbons (Fsp3) is 0.500. The Morgan fingerprint density at radius 1 is 1.40 bits per heavy atom. The van der Waals surface area contributed by atoms with Crippen molar-refractivity contribution >= 4 is 11.4 Å². The highest BCUT2D eigenvalue weighted by molar-refractivity contribution is 5.62. The van der Waals surface area contributed by atoms with Crippen molar-refractivity contribution in [2.24, 2.45) is 0 Å². The van der Waals surface area contributed by atoms with Gasteiger partial charge in [0, 0.05) is 31.8 Å². The lowest BCUT2D eigenvalue weighted by Gasteiger charge is -2.25. The first kappa shape index (κ1) is 15.9. The van der Waals surface area contributed by atoms with E-state index in [1.165, 1.54) is 12.1 Å². The Morgan fingerprint density at radius 3 is 2.65 bits per heavy atom. The Bertz CT molecular complexity index is 489. The molecule has 0 aliphatic rings. The molecule has 0 saturated carbocycles. The molecule has 0 aromatic heterocycles. The molecule has 108 valence electrons. The summed E-state index contributed by atoms with van der Waals surface area (Å²) in [6, 6.07) is 6.34. The summed E-state index contributed by atoms with van der Waals surface area (Å²) in [5, 5.41) is 28.9. The van der Waals surface area contributed by atoms with Crippen LogP contribution in [0, 0.1) is 21.4 Å². The van der Waals surface area contributed by atoms with E-state index >= 15 is 0 Å². The standard InChI is InChI=1S/C14H19N3O3/c1-2-3-7-16(8-4-9-18)14-6-5-13(17(19)20)10-12(14)11-15/h5-6,10,18H,2-4,7-9H2,1H3. The first-order valence-electron chi connectivity index (χ1n) is 6.68. The Balaban J connectivity index is 3.05. The Kier molecular flexibility index (Phi) is 6.47. The lowest BCUT2D eigenvalue weighted by Crippen LogP contribution is -2.27. The zero-order valence-electron chi connectivity index (χ0n) is 11.6. The number of rotatable bonds is 8. The number of anilines is 1. The molecule has 0 radical (unpaired) electrons. The number of nitro benzene ring substituents is 1. The molecule has 0 amide bonds. The van der Waals surface area contributed by atoms with Gasteiger partial charge in [0.2, 0.25) is 0 Å². The third-order valence-corrected chi connectivity index (χ3v) is 3.02. The van der Waals surface area contributed by atoms with Crippen molar-refractivity contribution in [1.82, 2.24) is 0 Å². The molecule has 0 bridgehead atoms. The number of benzene rings is 1. The highest BCUT2D eigenvalue weighted by Crippen LogP contribution is 2.25. The molecular weight excluding hydrogens is 258 g/mol. The van der Waals surface area contributed by atoms with E-state index in [0.717, 1.165) is 19.4 Å². The number of aliphatic hydroxyl groups is 1. The number of non-ortho nitro benzene ring substituents is 1. The van der Waals surface area contributed by atoms with E-state index in [2.05, 4.69) is 6.92 Å². The fourth-order valence-corrected chi connectivity index (χ4v) is 1.97. The number of aliphatic hydroxyl groups excluding tert-OH is 1. The van der Waals surface area contributed by atoms with E-state index in [1.807, 2.05) is 11.0 Å². The van der Waals surface area contributed by atoms with Crippen LogP contribution in [0.25, 0.3) is 0 Å². The van der Waals surface area contributed by atoms with E-state index in [9.17, 15) is 15.4 Å². The lowest BCUT2D eigenvalue weighted by molar-refractivity contribution is -0.384. The van der Waals surface area contributed by atoms with Gasteiger partial charge in [-0.25, -0.2) is 0 Å². The summed E-state index contributed by atoms with van der Waals surface area (Å²) in [4.78, 5) is 12.2. The van der Waals surface area contributed by atoms with Crippen LogP contribution in [-0.2, 0) is 0 Å². The molecular formula is C14H19N3O3. The van der Waals surface area contributed by atoms with Crippen LogP contribution < -0.4 is 4.90 Å². The van der Waals surface area contributed by atoms with Gasteiger partial charge < -0.3 is 10.0 Å². The molecule has 1 aromatic carbocycles. The second-order valence-electron chi connectivity index (χ2n) is 4.49. The molecule has 20 heavy (non-hydrogen) atoms. The van der Waals surface area contributed by atoms with Crippen LogP contribution in [0.1, 0.15) is 31.7 Å². The van der Waals surface area contributed by atoms with E-state index in [4.69, 9.17) is 5.11 Å². The maximum Gasteiger partial charge on any atom is 0.270 e. The summed E-state index contributed by atoms with van der Waals surface area (Å²) >= 11 is 0. The first-order valence-corrected chi connectivity index (χ1v) is 6.68. The van der Waals surface area contributed by atoms with E-state index in [0.29, 0.717) is 24.2 Å². The summed E-state index contributed by atoms with van der Waals surface area (Å²) in [5.74, 6) is 0. The van der Waals surface area contributed by atoms with E-state index < -0.39 is 4.92 Å². The molecule has 0 atom stereocenters. The number of hydrogen-bond acceptors (Lipinski definition) is 5. The molecule has 6 heteroatoms. The monoisotopic (exact) mass is 277 g/mol. The van der Waals surface area contributed by atoms with E-state index in [-0.39, 0.29) is 12.3 Å². The summed E-state index contributed by atoms with van der Waals surface area (Å²) in [6.45, 7) is 3.55. The molecule has 0 aliphatic carbocycles. The highest BCUT2D eigenvalue weighted by Gasteiger charge is 2.15. The number of unbranched alkanes of at least 4 members (excludes halogenated alkanes) is 1. The van der Waals surface area contributed by atoms with Gasteiger partial charge in [-0.1, -0.05) is 13.3 Å². The maximum absolute atomic E-state index is 10.7. The number of nitriles is 1. The Labute approximate surface area is 118 Å². The zero-order valence-corrected chi connectivity index (χ0v) is 11.6. The fourth-order valence-electron chi connectivity index (χ4n) is 1.97. The van der Waals surface area contributed by atoms with Crippen molar-refractivity contribution in [2.75, 3.05) is 24.6 Å². The minimum Gasteiger partial charge on any atom is -0.396 e. The van der Waals surface area contributed by atoms with Gasteiger partial charge in [0.15, 0.2) is 0 Å². The maximum atomic E-state index is 10.7. The first-order chi connectivity index (χ1) is 9.63. The van der Waals surface area contributed by atoms with Gasteiger partial charge in [0.1, 0.15) is 6.07 Å². The van der Waals surface area contributed by atoms with Gasteiger partial charge in [0.25, 0.3) is 5.69 Å². The van der Waals surface area contributed by atoms with Crippen molar-refractivity contribution in [3.05, 3.63) is 33.9 Å². The van der Waals surface area contributed by atoms with Crippen molar-refractivity contribution in [1.29, 1.82) is 5.26 Å². The number of nitro groups is 1. The minimum absolute atomic E-state index is 0.0806. The molecule has 0 heterocycles. The quantitative estimate of drug-likeness (QED) is 0.582. The van der Waals surface area contributed by atoms with Gasteiger partial charge >= 0.3 is 0 Å². The van der Waals surface area contributed by atoms with Crippen LogP contribution in [0.5, 0.6) is 0 Å². The largest absolute Gasteiger partial charge is 0.396 e. The summed E-state index contributed by atoms with van der Waals surface area (Å²) < 4.78 is 0. The van der Waals surface area contributed by atoms with Crippen molar-refractivity contribution < 1.29 is 10.0 Å². The van der Waals surface area contributed by atoms with Crippen molar-refractivity contribution in [3.8, 4) is 6.07 Å². The van der Waals surface area contributed by atoms with Crippen LogP contribution in [0.15, 0.2) is 18.2 Å². The molecule has 0 saturated heterocycles. The smallest absolute Gasteiger partial charge is 0.270 e. The average molecular weight is 277 g/mol. The molecule has 6 nitrogen and oxygen atoms in total. The SMILES string of the molecule is CCCCN(CCCO)c1ccc([N+](=O)[O-])cc1C#N. The third-order valence-electron chi connectivity index (χ3n) is 3.02. The number of nitrogens with zero attached hydrogens (tertiary/aromatic N) is 3. The van der Waals surface area contributed by atoms with Gasteiger partial charge in [-0.05, 0) is 18.9 Å². The molecule has 0 unspecified atom stereocenters. The second kappa shape index (κ2) is 8.12. The van der Waals surface area contributed by atoms with Crippen molar-refractivity contribution in [3.63, 3.8) is 0 Å². The summed E-state index contributed by atoms with van der Waals surface area (Å²) in [5.41, 5.74) is 0.913. The summed E-state index contributed by atoms with van der Waals surface area (Å²) in [7, 11) is 0. The van der Waals surface area contributed by atoms with E-state index in [1.54, 1.807) is 6.07 Å². The van der Waals surface area contributed by atoms with Crippen LogP contribution in [0.4, 0.5) is 11.4 Å². The average Bonchev–Trinajstić information content (AvgIpc) is 2.47. The molecule has 1 aromatic rings. The van der Waals surface area contributed by atoms with Crippen molar-refractivity contribution in [2.45, 2.75) is 26.2 Å². The summed E-state index contributed by atoms with van der Waals surface area (Å²) in [6.07, 6.45) is 2.59. The molecule has 1 rings (SSSR count). The molecule has 1 N–H and O–H groups in total. The van der Waals surface area contributed by atoms with Crippen LogP contribution in [0.2, 0.25) is 0 Å².